The molecule has 0 aliphatic heterocycles. The third-order valence-corrected chi connectivity index (χ3v) is 0.672. The molecule has 0 atom stereocenters. The van der Waals surface area contributed by atoms with E-state index in [9.17, 15) is 0 Å². The summed E-state index contributed by atoms with van der Waals surface area (Å²) in [4.78, 5) is 3.49. The number of aliphatic hydroxyl groups excluding tert-OH is 1. The largest absolute Gasteiger partial charge is 0.394 e. The first-order valence-electron chi connectivity index (χ1n) is 3.33. The van der Waals surface area contributed by atoms with E-state index in [1.807, 2.05) is 0 Å². The average molecular weight is 179 g/mol. The molecule has 0 aromatic rings. The van der Waals surface area contributed by atoms with Gasteiger partial charge in [0.05, 0.1) is 13.2 Å². The van der Waals surface area contributed by atoms with Gasteiger partial charge in [0, 0.05) is 14.2 Å². The quantitative estimate of drug-likeness (QED) is 0.359. The number of aliphatic hydroxyl groups is 1. The van der Waals surface area contributed by atoms with Crippen LogP contribution in [0.2, 0.25) is 0 Å². The average Bonchev–Trinajstić information content (AvgIpc) is 2.03. The Hall–Kier alpha value is -0.850. The number of methoxy groups -OCH3 is 2. The lowest BCUT2D eigenvalue weighted by Gasteiger charge is -1.88. The maximum atomic E-state index is 7.94. The molecule has 0 radical (unpaired) electrons. The second-order valence-corrected chi connectivity index (χ2v) is 1.72. The van der Waals surface area contributed by atoms with E-state index in [2.05, 4.69) is 14.5 Å². The molecule has 12 heavy (non-hydrogen) atoms. The molecule has 6 heteroatoms. The minimum absolute atomic E-state index is 0.0573. The molecule has 0 aliphatic rings. The lowest BCUT2D eigenvalue weighted by atomic mass is 10.8. The Labute approximate surface area is 72.2 Å². The van der Waals surface area contributed by atoms with Gasteiger partial charge in [-0.15, -0.1) is 0 Å². The van der Waals surface area contributed by atoms with Crippen LogP contribution in [0.25, 0.3) is 0 Å². The van der Waals surface area contributed by atoms with Crippen LogP contribution in [-0.4, -0.2) is 45.2 Å². The summed E-state index contributed by atoms with van der Waals surface area (Å²) in [7, 11) is 3.07. The number of aliphatic imine (C=N–C) groups is 1. The fourth-order valence-electron chi connectivity index (χ4n) is 0.230. The van der Waals surface area contributed by atoms with E-state index in [1.165, 1.54) is 7.11 Å². The highest BCUT2D eigenvalue weighted by molar-refractivity contribution is 5.75. The number of hydrogen-bond donors (Lipinski definition) is 3. The van der Waals surface area contributed by atoms with Crippen LogP contribution >= 0.6 is 0 Å². The Morgan fingerprint density at radius 3 is 2.00 bits per heavy atom. The van der Waals surface area contributed by atoms with Crippen molar-refractivity contribution in [3.05, 3.63) is 0 Å². The normalized spacial score (nSPS) is 8.25. The summed E-state index contributed by atoms with van der Waals surface area (Å²) in [5.74, 6) is 0.0573. The van der Waals surface area contributed by atoms with Crippen LogP contribution in [0.4, 0.5) is 0 Å². The van der Waals surface area contributed by atoms with E-state index in [0.29, 0.717) is 6.61 Å². The van der Waals surface area contributed by atoms with Crippen molar-refractivity contribution in [2.75, 3.05) is 34.2 Å². The standard InChI is InChI=1S/C3H9N3O.C3H8O2/c1-7-2-6-3(4)5;1-5-3-2-4/h2H2,1H3,(H4,4,5,6);4H,2-3H2,1H3. The second-order valence-electron chi connectivity index (χ2n) is 1.72. The molecule has 74 valence electrons. The third-order valence-electron chi connectivity index (χ3n) is 0.672. The molecule has 0 saturated heterocycles. The van der Waals surface area contributed by atoms with Gasteiger partial charge in [-0.25, -0.2) is 4.99 Å². The van der Waals surface area contributed by atoms with Crippen LogP contribution in [0.1, 0.15) is 0 Å². The van der Waals surface area contributed by atoms with Crippen LogP contribution in [0, 0.1) is 0 Å². The van der Waals surface area contributed by atoms with Crippen molar-refractivity contribution in [1.82, 2.24) is 0 Å². The summed E-state index contributed by atoms with van der Waals surface area (Å²) >= 11 is 0. The highest BCUT2D eigenvalue weighted by Gasteiger charge is 1.73. The van der Waals surface area contributed by atoms with E-state index in [-0.39, 0.29) is 19.3 Å². The van der Waals surface area contributed by atoms with Crippen molar-refractivity contribution >= 4 is 5.96 Å². The molecule has 0 bridgehead atoms. The molecule has 0 unspecified atom stereocenters. The van der Waals surface area contributed by atoms with E-state index >= 15 is 0 Å². The molecule has 0 amide bonds. The summed E-state index contributed by atoms with van der Waals surface area (Å²) in [6.45, 7) is 0.804. The van der Waals surface area contributed by atoms with E-state index in [4.69, 9.17) is 16.6 Å². The molecule has 0 aromatic heterocycles. The molecule has 0 saturated carbocycles. The lowest BCUT2D eigenvalue weighted by molar-refractivity contribution is 0.135. The van der Waals surface area contributed by atoms with Gasteiger partial charge < -0.3 is 26.0 Å². The van der Waals surface area contributed by atoms with Crippen molar-refractivity contribution in [3.8, 4) is 0 Å². The molecule has 0 fully saturated rings. The Balaban J connectivity index is 0. The molecule has 0 spiro atoms. The maximum Gasteiger partial charge on any atom is 0.188 e. The van der Waals surface area contributed by atoms with Crippen molar-refractivity contribution in [2.45, 2.75) is 0 Å². The molecule has 0 aromatic carbocycles. The van der Waals surface area contributed by atoms with Gasteiger partial charge in [0.1, 0.15) is 6.73 Å². The van der Waals surface area contributed by atoms with Gasteiger partial charge in [-0.05, 0) is 0 Å². The minimum Gasteiger partial charge on any atom is -0.394 e. The molecular formula is C6H17N3O3. The second kappa shape index (κ2) is 12.8. The molecular weight excluding hydrogens is 162 g/mol. The summed E-state index contributed by atoms with van der Waals surface area (Å²) in [5, 5.41) is 7.94. The lowest BCUT2D eigenvalue weighted by Crippen LogP contribution is -2.23. The van der Waals surface area contributed by atoms with Gasteiger partial charge in [0.2, 0.25) is 0 Å². The van der Waals surface area contributed by atoms with Crippen LogP contribution < -0.4 is 11.5 Å². The van der Waals surface area contributed by atoms with Crippen molar-refractivity contribution < 1.29 is 14.6 Å². The Morgan fingerprint density at radius 2 is 1.92 bits per heavy atom. The molecule has 6 nitrogen and oxygen atoms in total. The van der Waals surface area contributed by atoms with Crippen LogP contribution in [-0.2, 0) is 9.47 Å². The number of nitrogens with zero attached hydrogens (tertiary/aromatic N) is 1. The van der Waals surface area contributed by atoms with Gasteiger partial charge in [0.25, 0.3) is 0 Å². The third kappa shape index (κ3) is 22.9. The zero-order valence-corrected chi connectivity index (χ0v) is 7.49. The predicted octanol–water partition coefficient (Wildman–Crippen LogP) is -1.51. The summed E-state index contributed by atoms with van der Waals surface area (Å²) in [6, 6.07) is 0. The number of ether oxygens (including phenoxy) is 2. The fraction of sp³-hybridized carbons (Fsp3) is 0.833. The maximum absolute atomic E-state index is 7.94. The molecule has 0 rings (SSSR count). The highest BCUT2D eigenvalue weighted by Crippen LogP contribution is 1.64. The summed E-state index contributed by atoms with van der Waals surface area (Å²) in [5.41, 5.74) is 9.85. The Kier molecular flexibility index (Phi) is 14.6. The molecule has 5 N–H and O–H groups in total. The van der Waals surface area contributed by atoms with Gasteiger partial charge >= 0.3 is 0 Å². The van der Waals surface area contributed by atoms with Crippen LogP contribution in [0.15, 0.2) is 4.99 Å². The van der Waals surface area contributed by atoms with E-state index in [0.717, 1.165) is 0 Å². The number of rotatable bonds is 4. The fourth-order valence-corrected chi connectivity index (χ4v) is 0.230. The SMILES string of the molecule is COCCO.COCN=C(N)N. The van der Waals surface area contributed by atoms with Crippen LogP contribution in [0.3, 0.4) is 0 Å². The minimum atomic E-state index is 0.0573. The van der Waals surface area contributed by atoms with E-state index < -0.39 is 0 Å². The number of nitrogens with two attached hydrogens (primary N) is 2. The van der Waals surface area contributed by atoms with Gasteiger partial charge in [0.15, 0.2) is 5.96 Å². The van der Waals surface area contributed by atoms with Crippen molar-refractivity contribution in [3.63, 3.8) is 0 Å². The molecule has 0 aliphatic carbocycles. The number of guanidine groups is 1. The predicted molar refractivity (Wildman–Crippen MR) is 46.6 cm³/mol. The highest BCUT2D eigenvalue weighted by atomic mass is 16.5. The first kappa shape index (κ1) is 13.7. The summed E-state index contributed by atoms with van der Waals surface area (Å²) in [6.07, 6.45) is 0. The van der Waals surface area contributed by atoms with Crippen molar-refractivity contribution in [1.29, 1.82) is 0 Å². The zero-order valence-electron chi connectivity index (χ0n) is 7.49. The van der Waals surface area contributed by atoms with Crippen molar-refractivity contribution in [2.24, 2.45) is 16.5 Å². The van der Waals surface area contributed by atoms with Gasteiger partial charge in [-0.1, -0.05) is 0 Å². The zero-order chi connectivity index (χ0) is 9.82. The first-order valence-corrected chi connectivity index (χ1v) is 3.33. The number of hydrogen-bond acceptors (Lipinski definition) is 4. The van der Waals surface area contributed by atoms with Gasteiger partial charge in [-0.3, -0.25) is 0 Å². The Bertz CT molecular complexity index is 102. The Morgan fingerprint density at radius 1 is 1.33 bits per heavy atom. The first-order chi connectivity index (χ1) is 5.68. The van der Waals surface area contributed by atoms with Crippen LogP contribution in [0.5, 0.6) is 0 Å². The van der Waals surface area contributed by atoms with Gasteiger partial charge in [-0.2, -0.15) is 0 Å². The van der Waals surface area contributed by atoms with E-state index in [1.54, 1.807) is 7.11 Å². The summed E-state index contributed by atoms with van der Waals surface area (Å²) < 4.78 is 8.95. The monoisotopic (exact) mass is 179 g/mol. The molecule has 0 heterocycles. The topological polar surface area (TPSA) is 103 Å². The smallest absolute Gasteiger partial charge is 0.188 e.